The second-order valence-corrected chi connectivity index (χ2v) is 4.87. The molecule has 5 nitrogen and oxygen atoms in total. The van der Waals surface area contributed by atoms with E-state index >= 15 is 0 Å². The van der Waals surface area contributed by atoms with Gasteiger partial charge in [-0.15, -0.1) is 0 Å². The lowest BCUT2D eigenvalue weighted by Gasteiger charge is -2.23. The summed E-state index contributed by atoms with van der Waals surface area (Å²) < 4.78 is 15.6. The topological polar surface area (TPSA) is 61.8 Å². The molecule has 0 saturated carbocycles. The summed E-state index contributed by atoms with van der Waals surface area (Å²) in [5.74, 6) is -0.448. The summed E-state index contributed by atoms with van der Waals surface area (Å²) in [6.07, 6.45) is 3.82. The fourth-order valence-corrected chi connectivity index (χ4v) is 2.76. The van der Waals surface area contributed by atoms with Gasteiger partial charge in [0.25, 0.3) is 5.78 Å². The molecule has 0 amide bonds. The minimum atomic E-state index is -0.867. The fraction of sp³-hybridized carbons (Fsp3) is 0.500. The SMILES string of the molecule is CCOC(=O)C(=O)c1cc(OC)c2c(c1OC)CCCC2. The first-order valence-corrected chi connectivity index (χ1v) is 7.12. The van der Waals surface area contributed by atoms with Crippen LogP contribution in [0.2, 0.25) is 0 Å². The molecule has 1 aliphatic carbocycles. The van der Waals surface area contributed by atoms with Crippen LogP contribution in [0.4, 0.5) is 0 Å². The van der Waals surface area contributed by atoms with E-state index in [-0.39, 0.29) is 12.2 Å². The molecule has 0 N–H and O–H groups in total. The first-order valence-electron chi connectivity index (χ1n) is 7.12. The molecule has 0 radical (unpaired) electrons. The number of carbonyl (C=O) groups excluding carboxylic acids is 2. The van der Waals surface area contributed by atoms with E-state index in [1.54, 1.807) is 20.1 Å². The van der Waals surface area contributed by atoms with Gasteiger partial charge in [0.1, 0.15) is 11.5 Å². The number of hydrogen-bond donors (Lipinski definition) is 0. The third-order valence-corrected chi connectivity index (χ3v) is 3.69. The normalized spacial score (nSPS) is 13.3. The average Bonchev–Trinajstić information content (AvgIpc) is 2.52. The van der Waals surface area contributed by atoms with Crippen molar-refractivity contribution in [1.29, 1.82) is 0 Å². The van der Waals surface area contributed by atoms with Crippen LogP contribution in [0.3, 0.4) is 0 Å². The minimum Gasteiger partial charge on any atom is -0.496 e. The van der Waals surface area contributed by atoms with Crippen LogP contribution < -0.4 is 9.47 Å². The predicted molar refractivity (Wildman–Crippen MR) is 77.2 cm³/mol. The number of Topliss-reactive ketones (excluding diaryl/α,β-unsaturated/α-hetero) is 1. The van der Waals surface area contributed by atoms with Crippen LogP contribution in [-0.4, -0.2) is 32.6 Å². The Morgan fingerprint density at radius 1 is 1.10 bits per heavy atom. The van der Waals surface area contributed by atoms with Gasteiger partial charge < -0.3 is 14.2 Å². The van der Waals surface area contributed by atoms with Crippen LogP contribution in [0, 0.1) is 0 Å². The maximum Gasteiger partial charge on any atom is 0.379 e. The van der Waals surface area contributed by atoms with E-state index in [2.05, 4.69) is 0 Å². The van der Waals surface area contributed by atoms with Gasteiger partial charge in [-0.1, -0.05) is 0 Å². The highest BCUT2D eigenvalue weighted by atomic mass is 16.5. The third-order valence-electron chi connectivity index (χ3n) is 3.69. The first kappa shape index (κ1) is 15.4. The fourth-order valence-electron chi connectivity index (χ4n) is 2.76. The highest BCUT2D eigenvalue weighted by Crippen LogP contribution is 2.39. The predicted octanol–water partition coefficient (Wildman–Crippen LogP) is 2.33. The Morgan fingerprint density at radius 3 is 2.33 bits per heavy atom. The van der Waals surface area contributed by atoms with E-state index in [0.717, 1.165) is 36.8 Å². The summed E-state index contributed by atoms with van der Waals surface area (Å²) in [4.78, 5) is 24.0. The number of carbonyl (C=O) groups is 2. The van der Waals surface area contributed by atoms with Crippen molar-refractivity contribution in [2.75, 3.05) is 20.8 Å². The van der Waals surface area contributed by atoms with Crippen LogP contribution in [0.15, 0.2) is 6.07 Å². The summed E-state index contributed by atoms with van der Waals surface area (Å²) >= 11 is 0. The molecule has 0 atom stereocenters. The molecule has 0 spiro atoms. The summed E-state index contributed by atoms with van der Waals surface area (Å²) in [6.45, 7) is 1.82. The molecule has 0 unspecified atom stereocenters. The second kappa shape index (κ2) is 6.61. The van der Waals surface area contributed by atoms with Gasteiger partial charge in [0.15, 0.2) is 0 Å². The zero-order valence-corrected chi connectivity index (χ0v) is 12.7. The van der Waals surface area contributed by atoms with Crippen LogP contribution in [0.25, 0.3) is 0 Å². The smallest absolute Gasteiger partial charge is 0.379 e. The molecule has 0 heterocycles. The molecular weight excluding hydrogens is 272 g/mol. The second-order valence-electron chi connectivity index (χ2n) is 4.87. The standard InChI is InChI=1S/C16H20O5/c1-4-21-16(18)14(17)12-9-13(19-2)10-7-5-6-8-11(10)15(12)20-3/h9H,4-8H2,1-3H3. The van der Waals surface area contributed by atoms with Gasteiger partial charge in [0, 0.05) is 11.1 Å². The molecule has 21 heavy (non-hydrogen) atoms. The zero-order valence-electron chi connectivity index (χ0n) is 12.7. The Morgan fingerprint density at radius 2 is 1.76 bits per heavy atom. The summed E-state index contributed by atoms with van der Waals surface area (Å²) in [5.41, 5.74) is 2.25. The summed E-state index contributed by atoms with van der Waals surface area (Å²) in [6, 6.07) is 1.59. The molecule has 0 saturated heterocycles. The van der Waals surface area contributed by atoms with E-state index < -0.39 is 11.8 Å². The first-order chi connectivity index (χ1) is 10.1. The van der Waals surface area contributed by atoms with E-state index in [4.69, 9.17) is 14.2 Å². The minimum absolute atomic E-state index is 0.162. The van der Waals surface area contributed by atoms with E-state index in [9.17, 15) is 9.59 Å². The monoisotopic (exact) mass is 292 g/mol. The average molecular weight is 292 g/mol. The van der Waals surface area contributed by atoms with E-state index in [0.29, 0.717) is 11.5 Å². The molecule has 1 aromatic carbocycles. The van der Waals surface area contributed by atoms with Crippen LogP contribution in [0.5, 0.6) is 11.5 Å². The molecule has 114 valence electrons. The van der Waals surface area contributed by atoms with Crippen LogP contribution >= 0.6 is 0 Å². The van der Waals surface area contributed by atoms with Gasteiger partial charge in [0.05, 0.1) is 26.4 Å². The van der Waals surface area contributed by atoms with Gasteiger partial charge in [0.2, 0.25) is 0 Å². The van der Waals surface area contributed by atoms with Crippen molar-refractivity contribution < 1.29 is 23.8 Å². The Kier molecular flexibility index (Phi) is 4.83. The van der Waals surface area contributed by atoms with E-state index in [1.807, 2.05) is 0 Å². The molecule has 5 heteroatoms. The number of ether oxygens (including phenoxy) is 3. The largest absolute Gasteiger partial charge is 0.496 e. The quantitative estimate of drug-likeness (QED) is 0.473. The van der Waals surface area contributed by atoms with Gasteiger partial charge >= 0.3 is 5.97 Å². The summed E-state index contributed by atoms with van der Waals surface area (Å²) in [5, 5.41) is 0. The van der Waals surface area contributed by atoms with Gasteiger partial charge in [-0.3, -0.25) is 4.79 Å². The number of benzene rings is 1. The molecule has 0 aromatic heterocycles. The number of hydrogen-bond acceptors (Lipinski definition) is 5. The maximum absolute atomic E-state index is 12.3. The van der Waals surface area contributed by atoms with Crippen molar-refractivity contribution in [3.8, 4) is 11.5 Å². The zero-order chi connectivity index (χ0) is 15.4. The Bertz CT molecular complexity index is 562. The van der Waals surface area contributed by atoms with Gasteiger partial charge in [-0.25, -0.2) is 4.79 Å². The van der Waals surface area contributed by atoms with Gasteiger partial charge in [-0.05, 0) is 38.7 Å². The Balaban J connectivity index is 2.55. The molecule has 1 aliphatic rings. The van der Waals surface area contributed by atoms with Gasteiger partial charge in [-0.2, -0.15) is 0 Å². The number of esters is 1. The Hall–Kier alpha value is -2.04. The molecular formula is C16H20O5. The lowest BCUT2D eigenvalue weighted by atomic mass is 9.87. The molecule has 0 fully saturated rings. The number of methoxy groups -OCH3 is 2. The van der Waals surface area contributed by atoms with E-state index in [1.165, 1.54) is 7.11 Å². The van der Waals surface area contributed by atoms with Crippen molar-refractivity contribution in [2.24, 2.45) is 0 Å². The maximum atomic E-state index is 12.3. The van der Waals surface area contributed by atoms with Crippen LogP contribution in [0.1, 0.15) is 41.3 Å². The number of ketones is 1. The highest BCUT2D eigenvalue weighted by molar-refractivity contribution is 6.41. The molecule has 0 aliphatic heterocycles. The lowest BCUT2D eigenvalue weighted by molar-refractivity contribution is -0.137. The highest BCUT2D eigenvalue weighted by Gasteiger charge is 2.28. The Labute approximate surface area is 124 Å². The van der Waals surface area contributed by atoms with Crippen LogP contribution in [-0.2, 0) is 22.4 Å². The number of rotatable bonds is 5. The van der Waals surface area contributed by atoms with Crippen molar-refractivity contribution in [3.63, 3.8) is 0 Å². The van der Waals surface area contributed by atoms with Crippen molar-refractivity contribution >= 4 is 11.8 Å². The molecule has 0 bridgehead atoms. The summed E-state index contributed by atoms with van der Waals surface area (Å²) in [7, 11) is 3.08. The number of fused-ring (bicyclic) bond motifs is 1. The van der Waals surface area contributed by atoms with Crippen molar-refractivity contribution in [3.05, 3.63) is 22.8 Å². The van der Waals surface area contributed by atoms with Crippen molar-refractivity contribution in [2.45, 2.75) is 32.6 Å². The third kappa shape index (κ3) is 2.86. The van der Waals surface area contributed by atoms with Crippen molar-refractivity contribution in [1.82, 2.24) is 0 Å². The molecule has 2 rings (SSSR count). The molecule has 1 aromatic rings. The lowest BCUT2D eigenvalue weighted by Crippen LogP contribution is -2.20.